The van der Waals surface area contributed by atoms with Gasteiger partial charge in [-0.3, -0.25) is 9.79 Å². The third-order valence-electron chi connectivity index (χ3n) is 1.75. The van der Waals surface area contributed by atoms with Crippen LogP contribution >= 0.6 is 11.8 Å². The Morgan fingerprint density at radius 1 is 1.67 bits per heavy atom. The Morgan fingerprint density at radius 3 is 3.00 bits per heavy atom. The number of carbonyl (C=O) groups is 1. The van der Waals surface area contributed by atoms with Crippen LogP contribution in [0.2, 0.25) is 0 Å². The summed E-state index contributed by atoms with van der Waals surface area (Å²) in [5.74, 6) is -0.133. The van der Waals surface area contributed by atoms with E-state index in [4.69, 9.17) is 4.74 Å². The van der Waals surface area contributed by atoms with Crippen LogP contribution in [0.1, 0.15) is 20.3 Å². The van der Waals surface area contributed by atoms with Gasteiger partial charge in [0, 0.05) is 0 Å². The molecule has 0 radical (unpaired) electrons. The van der Waals surface area contributed by atoms with E-state index in [2.05, 4.69) is 4.99 Å². The van der Waals surface area contributed by atoms with Gasteiger partial charge in [-0.2, -0.15) is 0 Å². The Balaban J connectivity index is 2.46. The molecule has 0 aromatic carbocycles. The molecule has 4 heteroatoms. The van der Waals surface area contributed by atoms with Gasteiger partial charge in [-0.1, -0.05) is 18.7 Å². The maximum atomic E-state index is 11.3. The van der Waals surface area contributed by atoms with E-state index in [1.807, 2.05) is 13.8 Å². The number of aliphatic imine (C=N–C) groups is 1. The normalized spacial score (nSPS) is 27.5. The van der Waals surface area contributed by atoms with Gasteiger partial charge in [-0.15, -0.1) is 0 Å². The van der Waals surface area contributed by atoms with Gasteiger partial charge < -0.3 is 4.74 Å². The number of thioether (sulfide) groups is 1. The average molecular weight is 187 g/mol. The summed E-state index contributed by atoms with van der Waals surface area (Å²) >= 11 is 1.46. The van der Waals surface area contributed by atoms with Crippen LogP contribution < -0.4 is 0 Å². The highest BCUT2D eigenvalue weighted by Crippen LogP contribution is 2.25. The van der Waals surface area contributed by atoms with Gasteiger partial charge in [-0.05, 0) is 13.3 Å². The molecule has 2 unspecified atom stereocenters. The average Bonchev–Trinajstić information content (AvgIpc) is 2.51. The van der Waals surface area contributed by atoms with E-state index < -0.39 is 0 Å². The van der Waals surface area contributed by atoms with Crippen LogP contribution in [0.5, 0.6) is 0 Å². The Bertz CT molecular complexity index is 193. The van der Waals surface area contributed by atoms with Crippen molar-refractivity contribution < 1.29 is 9.53 Å². The molecule has 0 fully saturated rings. The van der Waals surface area contributed by atoms with E-state index in [-0.39, 0.29) is 17.3 Å². The van der Waals surface area contributed by atoms with Crippen LogP contribution in [-0.4, -0.2) is 29.4 Å². The zero-order valence-corrected chi connectivity index (χ0v) is 8.13. The highest BCUT2D eigenvalue weighted by atomic mass is 32.2. The Hall–Kier alpha value is -0.510. The number of nitrogens with zero attached hydrogens (tertiary/aromatic N) is 1. The molecule has 1 heterocycles. The van der Waals surface area contributed by atoms with Crippen molar-refractivity contribution in [3.63, 3.8) is 0 Å². The number of ether oxygens (including phenoxy) is 1. The number of carbonyl (C=O) groups excluding carboxylic acids is 1. The molecule has 3 nitrogen and oxygen atoms in total. The van der Waals surface area contributed by atoms with E-state index in [1.54, 1.807) is 5.55 Å². The summed E-state index contributed by atoms with van der Waals surface area (Å²) in [4.78, 5) is 15.5. The fourth-order valence-corrected chi connectivity index (χ4v) is 2.09. The van der Waals surface area contributed by atoms with Gasteiger partial charge in [0.2, 0.25) is 0 Å². The van der Waals surface area contributed by atoms with Crippen LogP contribution in [0.15, 0.2) is 4.99 Å². The van der Waals surface area contributed by atoms with Gasteiger partial charge >= 0.3 is 5.97 Å². The molecule has 0 bridgehead atoms. The van der Waals surface area contributed by atoms with Crippen molar-refractivity contribution in [3.8, 4) is 0 Å². The number of rotatable bonds is 3. The molecule has 0 amide bonds. The van der Waals surface area contributed by atoms with Crippen LogP contribution in [0.4, 0.5) is 0 Å². The predicted octanol–water partition coefficient (Wildman–Crippen LogP) is 1.47. The zero-order chi connectivity index (χ0) is 8.97. The number of hydrogen-bond donors (Lipinski definition) is 0. The van der Waals surface area contributed by atoms with Crippen LogP contribution in [0, 0.1) is 0 Å². The Morgan fingerprint density at radius 2 is 2.42 bits per heavy atom. The summed E-state index contributed by atoms with van der Waals surface area (Å²) in [6.45, 7) is 4.30. The van der Waals surface area contributed by atoms with Crippen molar-refractivity contribution in [2.45, 2.75) is 31.6 Å². The van der Waals surface area contributed by atoms with E-state index in [0.717, 1.165) is 6.42 Å². The summed E-state index contributed by atoms with van der Waals surface area (Å²) in [5.41, 5.74) is 1.75. The molecule has 2 atom stereocenters. The summed E-state index contributed by atoms with van der Waals surface area (Å²) in [7, 11) is 0. The van der Waals surface area contributed by atoms with E-state index in [0.29, 0.717) is 6.61 Å². The number of esters is 1. The van der Waals surface area contributed by atoms with Crippen molar-refractivity contribution in [1.29, 1.82) is 0 Å². The van der Waals surface area contributed by atoms with Crippen LogP contribution in [0.25, 0.3) is 0 Å². The largest absolute Gasteiger partial charge is 0.465 e. The molecule has 0 aliphatic carbocycles. The minimum Gasteiger partial charge on any atom is -0.465 e. The lowest BCUT2D eigenvalue weighted by molar-refractivity contribution is -0.142. The first-order valence-corrected chi connectivity index (χ1v) is 5.07. The van der Waals surface area contributed by atoms with Gasteiger partial charge in [-0.25, -0.2) is 0 Å². The van der Waals surface area contributed by atoms with Crippen LogP contribution in [0.3, 0.4) is 0 Å². The molecule has 0 saturated carbocycles. The van der Waals surface area contributed by atoms with E-state index in [9.17, 15) is 4.79 Å². The molecule has 0 spiro atoms. The fourth-order valence-electron chi connectivity index (χ4n) is 1.10. The first-order chi connectivity index (χ1) is 5.79. The predicted molar refractivity (Wildman–Crippen MR) is 50.6 cm³/mol. The first-order valence-electron chi connectivity index (χ1n) is 4.13. The molecule has 0 N–H and O–H groups in total. The molecule has 0 aromatic rings. The summed E-state index contributed by atoms with van der Waals surface area (Å²) < 4.78 is 4.92. The second-order valence-electron chi connectivity index (χ2n) is 2.54. The molecule has 1 aliphatic heterocycles. The highest BCUT2D eigenvalue weighted by molar-refractivity contribution is 8.13. The summed E-state index contributed by atoms with van der Waals surface area (Å²) in [5, 5.41) is -0.102. The van der Waals surface area contributed by atoms with Gasteiger partial charge in [0.1, 0.15) is 5.25 Å². The maximum absolute atomic E-state index is 11.3. The third-order valence-corrected chi connectivity index (χ3v) is 2.79. The minimum absolute atomic E-state index is 0.102. The van der Waals surface area contributed by atoms with Crippen LogP contribution in [-0.2, 0) is 9.53 Å². The second kappa shape index (κ2) is 4.50. The summed E-state index contributed by atoms with van der Waals surface area (Å²) in [6.07, 6.45) is 0.896. The Labute approximate surface area is 76.6 Å². The van der Waals surface area contributed by atoms with Gasteiger partial charge in [0.05, 0.1) is 18.2 Å². The molecule has 68 valence electrons. The fraction of sp³-hybridized carbons (Fsp3) is 0.750. The second-order valence-corrected chi connectivity index (χ2v) is 3.53. The summed E-state index contributed by atoms with van der Waals surface area (Å²) in [6, 6.07) is 0.119. The molecule has 0 aromatic heterocycles. The number of hydrogen-bond acceptors (Lipinski definition) is 4. The lowest BCUT2D eigenvalue weighted by atomic mass is 10.1. The molecular formula is C8H13NO2S. The maximum Gasteiger partial charge on any atom is 0.321 e. The molecular weight excluding hydrogens is 174 g/mol. The van der Waals surface area contributed by atoms with E-state index in [1.165, 1.54) is 11.8 Å². The zero-order valence-electron chi connectivity index (χ0n) is 7.32. The van der Waals surface area contributed by atoms with Crippen molar-refractivity contribution in [3.05, 3.63) is 0 Å². The highest BCUT2D eigenvalue weighted by Gasteiger charge is 2.31. The van der Waals surface area contributed by atoms with Gasteiger partial charge in [0.15, 0.2) is 0 Å². The molecule has 12 heavy (non-hydrogen) atoms. The minimum atomic E-state index is -0.133. The van der Waals surface area contributed by atoms with Gasteiger partial charge in [0.25, 0.3) is 0 Å². The smallest absolute Gasteiger partial charge is 0.321 e. The monoisotopic (exact) mass is 187 g/mol. The SMILES string of the molecule is CCOC(=O)C1SC=NC1CC. The molecule has 1 rings (SSSR count). The Kier molecular flexibility index (Phi) is 3.59. The quantitative estimate of drug-likeness (QED) is 0.628. The molecule has 0 saturated heterocycles. The van der Waals surface area contributed by atoms with Crippen molar-refractivity contribution >= 4 is 23.3 Å². The van der Waals surface area contributed by atoms with Crippen molar-refractivity contribution in [1.82, 2.24) is 0 Å². The third kappa shape index (κ3) is 2.00. The first kappa shape index (κ1) is 9.58. The standard InChI is InChI=1S/C8H13NO2S/c1-3-6-7(12-5-9-6)8(10)11-4-2/h5-7H,3-4H2,1-2H3. The lowest BCUT2D eigenvalue weighted by Crippen LogP contribution is -2.28. The topological polar surface area (TPSA) is 38.7 Å². The van der Waals surface area contributed by atoms with Crippen molar-refractivity contribution in [2.75, 3.05) is 6.61 Å². The lowest BCUT2D eigenvalue weighted by Gasteiger charge is -2.13. The van der Waals surface area contributed by atoms with E-state index >= 15 is 0 Å². The van der Waals surface area contributed by atoms with Crippen molar-refractivity contribution in [2.24, 2.45) is 4.99 Å². The molecule has 1 aliphatic rings.